The molecule has 3 fully saturated rings. The fourth-order valence-corrected chi connectivity index (χ4v) is 8.46. The molecule has 4 aliphatic rings. The van der Waals surface area contributed by atoms with E-state index in [1.54, 1.807) is 36.4 Å². The van der Waals surface area contributed by atoms with Gasteiger partial charge in [0.1, 0.15) is 11.5 Å². The molecule has 0 aromatic heterocycles. The Bertz CT molecular complexity index is 1590. The first-order valence-electron chi connectivity index (χ1n) is 13.2. The third-order valence-corrected chi connectivity index (χ3v) is 10.7. The van der Waals surface area contributed by atoms with Crippen LogP contribution in [0.2, 0.25) is 0 Å². The van der Waals surface area contributed by atoms with Crippen molar-refractivity contribution in [2.45, 2.75) is 41.4 Å². The van der Waals surface area contributed by atoms with Crippen LogP contribution in [-0.4, -0.2) is 60.1 Å². The van der Waals surface area contributed by atoms with Gasteiger partial charge in [-0.2, -0.15) is 0 Å². The number of nitrogens with zero attached hydrogens (tertiary/aromatic N) is 2. The average molecular weight is 702 g/mol. The Morgan fingerprint density at radius 1 is 0.977 bits per heavy atom. The predicted molar refractivity (Wildman–Crippen MR) is 150 cm³/mol. The summed E-state index contributed by atoms with van der Waals surface area (Å²) in [6.45, 7) is 0.0227. The lowest BCUT2D eigenvalue weighted by molar-refractivity contribution is -0.274. The molecule has 1 N–H and O–H groups in total. The van der Waals surface area contributed by atoms with Gasteiger partial charge in [0.2, 0.25) is 11.8 Å². The SMILES string of the molecule is O=C1C2CC=C3C(CC4(Cl)C(=O)N(CBr)C(=O)C4(Cl)C3c3cc(OC(F)(F)F)ccc3O)C2C(=O)N1Cc1ccccc1. The average Bonchev–Trinajstić information content (AvgIpc) is 3.27. The van der Waals surface area contributed by atoms with Gasteiger partial charge >= 0.3 is 6.36 Å². The maximum absolute atomic E-state index is 13.9. The zero-order valence-corrected chi connectivity index (χ0v) is 25.1. The second kappa shape index (κ2) is 10.2. The van der Waals surface area contributed by atoms with Gasteiger partial charge in [0.05, 0.1) is 23.8 Å². The van der Waals surface area contributed by atoms with Crippen molar-refractivity contribution >= 4 is 62.8 Å². The van der Waals surface area contributed by atoms with Crippen molar-refractivity contribution in [2.24, 2.45) is 17.8 Å². The summed E-state index contributed by atoms with van der Waals surface area (Å²) in [7, 11) is 0. The van der Waals surface area contributed by atoms with Gasteiger partial charge in [-0.25, -0.2) is 0 Å². The van der Waals surface area contributed by atoms with Gasteiger partial charge in [-0.1, -0.05) is 57.9 Å². The highest BCUT2D eigenvalue weighted by molar-refractivity contribution is 9.09. The number of imide groups is 2. The number of hydrogen-bond donors (Lipinski definition) is 1. The number of fused-ring (bicyclic) bond motifs is 4. The first kappa shape index (κ1) is 30.0. The molecule has 0 radical (unpaired) electrons. The quantitative estimate of drug-likeness (QED) is 0.199. The van der Waals surface area contributed by atoms with Gasteiger partial charge < -0.3 is 9.84 Å². The van der Waals surface area contributed by atoms with Crippen LogP contribution in [0, 0.1) is 17.8 Å². The molecule has 6 atom stereocenters. The summed E-state index contributed by atoms with van der Waals surface area (Å²) in [4.78, 5) is 52.4. The first-order valence-corrected chi connectivity index (χ1v) is 15.1. The minimum Gasteiger partial charge on any atom is -0.508 e. The number of likely N-dealkylation sites (tertiary alicyclic amines) is 2. The molecule has 2 aromatic carbocycles. The van der Waals surface area contributed by atoms with E-state index in [2.05, 4.69) is 20.7 Å². The van der Waals surface area contributed by atoms with Crippen molar-refractivity contribution in [2.75, 3.05) is 5.45 Å². The third-order valence-electron chi connectivity index (χ3n) is 8.83. The number of phenols is 1. The topological polar surface area (TPSA) is 104 Å². The van der Waals surface area contributed by atoms with E-state index in [0.29, 0.717) is 5.57 Å². The van der Waals surface area contributed by atoms with E-state index in [-0.39, 0.29) is 30.4 Å². The number of halogens is 6. The maximum atomic E-state index is 13.9. The van der Waals surface area contributed by atoms with E-state index in [0.717, 1.165) is 33.6 Å². The molecule has 0 bridgehead atoms. The molecule has 43 heavy (non-hydrogen) atoms. The van der Waals surface area contributed by atoms with Gasteiger partial charge in [0.25, 0.3) is 11.8 Å². The van der Waals surface area contributed by atoms with E-state index in [1.807, 2.05) is 0 Å². The van der Waals surface area contributed by atoms with Crippen LogP contribution in [0.3, 0.4) is 0 Å². The van der Waals surface area contributed by atoms with Crippen LogP contribution in [0.25, 0.3) is 0 Å². The molecule has 1 saturated carbocycles. The molecule has 14 heteroatoms. The number of ether oxygens (including phenoxy) is 1. The molecular weight excluding hydrogens is 680 g/mol. The summed E-state index contributed by atoms with van der Waals surface area (Å²) in [5.74, 6) is -8.03. The van der Waals surface area contributed by atoms with Crippen LogP contribution in [0.1, 0.15) is 29.9 Å². The van der Waals surface area contributed by atoms with Crippen molar-refractivity contribution in [3.8, 4) is 11.5 Å². The number of aromatic hydroxyl groups is 1. The Morgan fingerprint density at radius 2 is 1.67 bits per heavy atom. The number of phenolic OH excluding ortho intramolecular Hbond substituents is 1. The molecule has 0 spiro atoms. The fourth-order valence-electron chi connectivity index (χ4n) is 7.05. The third kappa shape index (κ3) is 4.39. The summed E-state index contributed by atoms with van der Waals surface area (Å²) < 4.78 is 43.5. The van der Waals surface area contributed by atoms with Crippen LogP contribution in [-0.2, 0) is 25.7 Å². The molecular formula is C29H22BrCl2F3N2O6. The lowest BCUT2D eigenvalue weighted by Crippen LogP contribution is -2.60. The highest BCUT2D eigenvalue weighted by Crippen LogP contribution is 2.66. The zero-order chi connectivity index (χ0) is 31.1. The standard InChI is InChI=1S/C29H22BrCl2F3N2O6/c30-13-37-25(41)27(31)11-19-16(7-8-17-21(19)24(40)36(23(17)39)12-14-4-2-1-3-5-14)22(28(27,32)26(37)42)18-10-15(6-9-20(18)38)43-29(33,34)35/h1-7,9-10,17,19,21-22,38H,8,11-13H2. The van der Waals surface area contributed by atoms with E-state index < -0.39 is 74.9 Å². The number of carbonyl (C=O) groups is 4. The van der Waals surface area contributed by atoms with Crippen molar-refractivity contribution in [1.82, 2.24) is 9.80 Å². The lowest BCUT2D eigenvalue weighted by atomic mass is 9.56. The molecule has 2 aromatic rings. The molecule has 2 saturated heterocycles. The van der Waals surface area contributed by atoms with Crippen LogP contribution in [0.4, 0.5) is 13.2 Å². The minimum absolute atomic E-state index is 0.0227. The highest BCUT2D eigenvalue weighted by atomic mass is 79.9. The lowest BCUT2D eigenvalue weighted by Gasteiger charge is -2.50. The maximum Gasteiger partial charge on any atom is 0.573 e. The van der Waals surface area contributed by atoms with Crippen LogP contribution in [0.5, 0.6) is 11.5 Å². The van der Waals surface area contributed by atoms with Crippen LogP contribution >= 0.6 is 39.1 Å². The predicted octanol–water partition coefficient (Wildman–Crippen LogP) is 5.20. The highest BCUT2D eigenvalue weighted by Gasteiger charge is 2.76. The molecule has 2 aliphatic carbocycles. The largest absolute Gasteiger partial charge is 0.573 e. The van der Waals surface area contributed by atoms with E-state index in [4.69, 9.17) is 23.2 Å². The Morgan fingerprint density at radius 3 is 2.33 bits per heavy atom. The first-order chi connectivity index (χ1) is 20.2. The summed E-state index contributed by atoms with van der Waals surface area (Å²) >= 11 is 17.3. The summed E-state index contributed by atoms with van der Waals surface area (Å²) in [6, 6.07) is 11.6. The molecule has 4 amide bonds. The van der Waals surface area contributed by atoms with Gasteiger partial charge in [-0.15, -0.1) is 36.4 Å². The van der Waals surface area contributed by atoms with Crippen molar-refractivity contribution in [3.05, 3.63) is 71.3 Å². The van der Waals surface area contributed by atoms with Crippen molar-refractivity contribution in [3.63, 3.8) is 0 Å². The monoisotopic (exact) mass is 700 g/mol. The van der Waals surface area contributed by atoms with Crippen LogP contribution in [0.15, 0.2) is 60.2 Å². The Hall–Kier alpha value is -3.09. The Kier molecular flexibility index (Phi) is 7.13. The number of carbonyl (C=O) groups excluding carboxylic acids is 4. The molecule has 226 valence electrons. The molecule has 8 nitrogen and oxygen atoms in total. The van der Waals surface area contributed by atoms with Crippen LogP contribution < -0.4 is 4.74 Å². The van der Waals surface area contributed by atoms with E-state index in [9.17, 15) is 37.5 Å². The number of benzene rings is 2. The van der Waals surface area contributed by atoms with Gasteiger partial charge in [0.15, 0.2) is 9.75 Å². The minimum atomic E-state index is -5.07. The van der Waals surface area contributed by atoms with Crippen molar-refractivity contribution < 1.29 is 42.2 Å². The number of hydrogen-bond acceptors (Lipinski definition) is 6. The number of allylic oxidation sites excluding steroid dienone is 2. The molecule has 6 rings (SSSR count). The molecule has 2 heterocycles. The molecule has 2 aliphatic heterocycles. The number of alkyl halides is 6. The number of amides is 4. The smallest absolute Gasteiger partial charge is 0.508 e. The fraction of sp³-hybridized carbons (Fsp3) is 0.379. The van der Waals surface area contributed by atoms with E-state index >= 15 is 0 Å². The zero-order valence-electron chi connectivity index (χ0n) is 22.0. The molecule has 6 unspecified atom stereocenters. The second-order valence-corrected chi connectivity index (χ2v) is 12.7. The van der Waals surface area contributed by atoms with Gasteiger partial charge in [-0.05, 0) is 42.5 Å². The summed E-state index contributed by atoms with van der Waals surface area (Å²) in [5, 5.41) is 10.9. The second-order valence-electron chi connectivity index (χ2n) is 11.0. The van der Waals surface area contributed by atoms with Gasteiger partial charge in [0, 0.05) is 11.5 Å². The van der Waals surface area contributed by atoms with E-state index in [1.165, 1.54) is 0 Å². The summed E-state index contributed by atoms with van der Waals surface area (Å²) in [6.07, 6.45) is -3.68. The number of rotatable bonds is 5. The van der Waals surface area contributed by atoms with Crippen molar-refractivity contribution in [1.29, 1.82) is 0 Å². The summed E-state index contributed by atoms with van der Waals surface area (Å²) in [5.41, 5.74) is 0.530. The Balaban J connectivity index is 1.50. The Labute approximate surface area is 261 Å². The van der Waals surface area contributed by atoms with Gasteiger partial charge in [-0.3, -0.25) is 29.0 Å². The normalized spacial score (nSPS) is 32.0.